The fourth-order valence-electron chi connectivity index (χ4n) is 1.17. The molecule has 0 spiro atoms. The molecule has 0 unspecified atom stereocenters. The Bertz CT molecular complexity index is 485. The highest BCUT2D eigenvalue weighted by molar-refractivity contribution is 9.10. The minimum absolute atomic E-state index is 0.0851. The van der Waals surface area contributed by atoms with Crippen LogP contribution in [0.4, 0.5) is 8.78 Å². The molecule has 0 bridgehead atoms. The molecule has 5 heteroatoms. The second kappa shape index (κ2) is 4.93. The van der Waals surface area contributed by atoms with Gasteiger partial charge in [0.1, 0.15) is 6.61 Å². The Morgan fingerprint density at radius 1 is 1.31 bits per heavy atom. The van der Waals surface area contributed by atoms with Crippen molar-refractivity contribution in [1.82, 2.24) is 0 Å². The summed E-state index contributed by atoms with van der Waals surface area (Å²) in [5.41, 5.74) is 0.935. The summed E-state index contributed by atoms with van der Waals surface area (Å²) in [5, 5.41) is 3.79. The maximum Gasteiger partial charge on any atom is 0.200 e. The lowest BCUT2D eigenvalue weighted by Gasteiger charge is -2.07. The van der Waals surface area contributed by atoms with E-state index in [-0.39, 0.29) is 12.4 Å². The molecular weight excluding hydrogens is 298 g/mol. The van der Waals surface area contributed by atoms with Crippen molar-refractivity contribution in [3.8, 4) is 5.75 Å². The number of benzene rings is 1. The third-order valence-corrected chi connectivity index (χ3v) is 3.12. The lowest BCUT2D eigenvalue weighted by molar-refractivity contribution is 0.285. The first-order chi connectivity index (χ1) is 7.66. The van der Waals surface area contributed by atoms with E-state index in [2.05, 4.69) is 15.9 Å². The molecule has 2 aromatic rings. The molecule has 0 aliphatic rings. The molecule has 2 rings (SSSR count). The molecule has 0 saturated carbocycles. The molecule has 1 aromatic heterocycles. The zero-order valence-electron chi connectivity index (χ0n) is 8.04. The van der Waals surface area contributed by atoms with E-state index in [9.17, 15) is 8.78 Å². The van der Waals surface area contributed by atoms with Crippen molar-refractivity contribution in [3.05, 3.63) is 50.6 Å². The summed E-state index contributed by atoms with van der Waals surface area (Å²) in [6.45, 7) is 0.232. The first kappa shape index (κ1) is 11.5. The summed E-state index contributed by atoms with van der Waals surface area (Å²) in [7, 11) is 0. The van der Waals surface area contributed by atoms with Gasteiger partial charge in [-0.1, -0.05) is 15.9 Å². The maximum absolute atomic E-state index is 13.3. The van der Waals surface area contributed by atoms with E-state index in [4.69, 9.17) is 4.74 Å². The Hall–Kier alpha value is -0.940. The Morgan fingerprint density at radius 3 is 2.81 bits per heavy atom. The lowest BCUT2D eigenvalue weighted by atomic mass is 10.3. The van der Waals surface area contributed by atoms with Gasteiger partial charge >= 0.3 is 0 Å². The molecule has 1 heterocycles. The average Bonchev–Trinajstić information content (AvgIpc) is 2.74. The van der Waals surface area contributed by atoms with Gasteiger partial charge in [-0.05, 0) is 34.5 Å². The van der Waals surface area contributed by atoms with Crippen LogP contribution in [0.3, 0.4) is 0 Å². The number of ether oxygens (including phenoxy) is 1. The molecule has 1 nitrogen and oxygen atoms in total. The highest BCUT2D eigenvalue weighted by atomic mass is 79.9. The van der Waals surface area contributed by atoms with Gasteiger partial charge < -0.3 is 4.74 Å². The molecule has 0 N–H and O–H groups in total. The van der Waals surface area contributed by atoms with Crippen LogP contribution in [0.15, 0.2) is 33.4 Å². The van der Waals surface area contributed by atoms with Crippen molar-refractivity contribution >= 4 is 27.3 Å². The van der Waals surface area contributed by atoms with Crippen molar-refractivity contribution in [1.29, 1.82) is 0 Å². The maximum atomic E-state index is 13.3. The monoisotopic (exact) mass is 304 g/mol. The number of hydrogen-bond donors (Lipinski definition) is 0. The van der Waals surface area contributed by atoms with E-state index in [1.165, 1.54) is 17.4 Å². The van der Waals surface area contributed by atoms with Crippen LogP contribution >= 0.6 is 27.3 Å². The summed E-state index contributed by atoms with van der Waals surface area (Å²) in [6, 6.07) is 4.34. The van der Waals surface area contributed by atoms with Gasteiger partial charge in [0, 0.05) is 4.47 Å². The Morgan fingerprint density at radius 2 is 2.12 bits per heavy atom. The van der Waals surface area contributed by atoms with Crippen LogP contribution in [-0.4, -0.2) is 0 Å². The Balaban J connectivity index is 2.15. The first-order valence-corrected chi connectivity index (χ1v) is 6.19. The van der Waals surface area contributed by atoms with Gasteiger partial charge in [-0.3, -0.25) is 0 Å². The Labute approximate surface area is 104 Å². The molecule has 0 radical (unpaired) electrons. The molecule has 1 aromatic carbocycles. The first-order valence-electron chi connectivity index (χ1n) is 4.45. The van der Waals surface area contributed by atoms with Crippen LogP contribution < -0.4 is 4.74 Å². The molecule has 0 fully saturated rings. The molecule has 0 saturated heterocycles. The number of thiophene rings is 1. The second-order valence-corrected chi connectivity index (χ2v) is 4.82. The third kappa shape index (κ3) is 2.59. The summed E-state index contributed by atoms with van der Waals surface area (Å²) >= 11 is 4.61. The van der Waals surface area contributed by atoms with Crippen molar-refractivity contribution < 1.29 is 13.5 Å². The molecule has 0 aliphatic heterocycles. The number of halogens is 3. The van der Waals surface area contributed by atoms with Crippen molar-refractivity contribution in [2.75, 3.05) is 0 Å². The van der Waals surface area contributed by atoms with Crippen molar-refractivity contribution in [2.24, 2.45) is 0 Å². The zero-order valence-corrected chi connectivity index (χ0v) is 10.4. The highest BCUT2D eigenvalue weighted by Gasteiger charge is 2.11. The lowest BCUT2D eigenvalue weighted by Crippen LogP contribution is -1.98. The molecule has 0 aliphatic carbocycles. The zero-order chi connectivity index (χ0) is 11.5. The largest absolute Gasteiger partial charge is 0.486 e. The fourth-order valence-corrected chi connectivity index (χ4v) is 2.24. The Kier molecular flexibility index (Phi) is 3.56. The molecule has 16 heavy (non-hydrogen) atoms. The van der Waals surface area contributed by atoms with Gasteiger partial charge in [0.25, 0.3) is 0 Å². The summed E-state index contributed by atoms with van der Waals surface area (Å²) in [4.78, 5) is 0. The summed E-state index contributed by atoms with van der Waals surface area (Å²) in [5.74, 6) is -1.97. The predicted molar refractivity (Wildman–Crippen MR) is 62.7 cm³/mol. The summed E-state index contributed by atoms with van der Waals surface area (Å²) in [6.07, 6.45) is 0. The minimum atomic E-state index is -0.960. The number of rotatable bonds is 3. The van der Waals surface area contributed by atoms with E-state index >= 15 is 0 Å². The highest BCUT2D eigenvalue weighted by Crippen LogP contribution is 2.26. The minimum Gasteiger partial charge on any atom is -0.486 e. The summed E-state index contributed by atoms with van der Waals surface area (Å²) < 4.78 is 32.0. The van der Waals surface area contributed by atoms with Crippen LogP contribution in [0.1, 0.15) is 5.56 Å². The van der Waals surface area contributed by atoms with Gasteiger partial charge in [0.15, 0.2) is 11.6 Å². The van der Waals surface area contributed by atoms with Crippen molar-refractivity contribution in [3.63, 3.8) is 0 Å². The SMILES string of the molecule is Fc1cc(Br)cc(OCc2ccsc2)c1F. The van der Waals surface area contributed by atoms with E-state index in [1.807, 2.05) is 16.8 Å². The van der Waals surface area contributed by atoms with E-state index in [0.29, 0.717) is 4.47 Å². The third-order valence-electron chi connectivity index (χ3n) is 1.93. The van der Waals surface area contributed by atoms with E-state index < -0.39 is 11.6 Å². The standard InChI is InChI=1S/C11H7BrF2OS/c12-8-3-9(13)11(14)10(4-8)15-5-7-1-2-16-6-7/h1-4,6H,5H2. The number of hydrogen-bond acceptors (Lipinski definition) is 2. The van der Waals surface area contributed by atoms with Crippen molar-refractivity contribution in [2.45, 2.75) is 6.61 Å². The normalized spacial score (nSPS) is 10.4. The van der Waals surface area contributed by atoms with Crippen LogP contribution in [0.2, 0.25) is 0 Å². The van der Waals surface area contributed by atoms with Crippen LogP contribution in [0, 0.1) is 11.6 Å². The fraction of sp³-hybridized carbons (Fsp3) is 0.0909. The van der Waals surface area contributed by atoms with Gasteiger partial charge in [-0.25, -0.2) is 4.39 Å². The second-order valence-electron chi connectivity index (χ2n) is 3.12. The van der Waals surface area contributed by atoms with Gasteiger partial charge in [0.2, 0.25) is 5.82 Å². The van der Waals surface area contributed by atoms with E-state index in [1.54, 1.807) is 0 Å². The molecule has 84 valence electrons. The van der Waals surface area contributed by atoms with Gasteiger partial charge in [0.05, 0.1) is 0 Å². The molecular formula is C11H7BrF2OS. The smallest absolute Gasteiger partial charge is 0.200 e. The van der Waals surface area contributed by atoms with Crippen LogP contribution in [-0.2, 0) is 6.61 Å². The molecule has 0 amide bonds. The van der Waals surface area contributed by atoms with Crippen LogP contribution in [0.25, 0.3) is 0 Å². The van der Waals surface area contributed by atoms with Gasteiger partial charge in [-0.15, -0.1) is 0 Å². The topological polar surface area (TPSA) is 9.23 Å². The predicted octanol–water partition coefficient (Wildman–Crippen LogP) is 4.37. The van der Waals surface area contributed by atoms with Gasteiger partial charge in [-0.2, -0.15) is 15.7 Å². The average molecular weight is 305 g/mol. The molecule has 0 atom stereocenters. The quantitative estimate of drug-likeness (QED) is 0.765. The van der Waals surface area contributed by atoms with Crippen LogP contribution in [0.5, 0.6) is 5.75 Å². The van der Waals surface area contributed by atoms with E-state index in [0.717, 1.165) is 11.6 Å².